The number of amides is 2. The summed E-state index contributed by atoms with van der Waals surface area (Å²) in [6, 6.07) is 9.28. The number of rotatable bonds is 4. The lowest BCUT2D eigenvalue weighted by Gasteiger charge is -2.17. The van der Waals surface area contributed by atoms with E-state index in [2.05, 4.69) is 10.3 Å². The molecule has 0 radical (unpaired) electrons. The van der Waals surface area contributed by atoms with Crippen LogP contribution >= 0.6 is 0 Å². The monoisotopic (exact) mass is 301 g/mol. The quantitative estimate of drug-likeness (QED) is 0.943. The summed E-state index contributed by atoms with van der Waals surface area (Å²) in [5.41, 5.74) is 0.991. The number of benzene rings is 1. The summed E-state index contributed by atoms with van der Waals surface area (Å²) in [6.07, 6.45) is 1.63. The molecule has 0 bridgehead atoms. The molecule has 2 rings (SSSR count). The SMILES string of the molecule is CC(=O)Nc1ccc(F)c(C(=O)N(C)Cc2ccccn2)c1. The molecule has 6 heteroatoms. The van der Waals surface area contributed by atoms with Crippen molar-refractivity contribution in [3.8, 4) is 0 Å². The molecule has 0 atom stereocenters. The third kappa shape index (κ3) is 3.88. The number of carbonyl (C=O) groups excluding carboxylic acids is 2. The van der Waals surface area contributed by atoms with Gasteiger partial charge < -0.3 is 10.2 Å². The summed E-state index contributed by atoms with van der Waals surface area (Å²) in [5, 5.41) is 2.53. The van der Waals surface area contributed by atoms with Crippen LogP contribution in [0.4, 0.5) is 10.1 Å². The molecule has 0 saturated heterocycles. The average Bonchev–Trinajstić information content (AvgIpc) is 2.49. The highest BCUT2D eigenvalue weighted by Crippen LogP contribution is 2.17. The second-order valence-electron chi connectivity index (χ2n) is 4.86. The summed E-state index contributed by atoms with van der Waals surface area (Å²) >= 11 is 0. The standard InChI is InChI=1S/C16H16FN3O2/c1-11(21)19-12-6-7-15(17)14(9-12)16(22)20(2)10-13-5-3-4-8-18-13/h3-9H,10H2,1-2H3,(H,19,21). The second kappa shape index (κ2) is 6.80. The van der Waals surface area contributed by atoms with Crippen LogP contribution in [-0.4, -0.2) is 28.7 Å². The number of pyridine rings is 1. The Morgan fingerprint density at radius 2 is 2.05 bits per heavy atom. The molecular weight excluding hydrogens is 285 g/mol. The van der Waals surface area contributed by atoms with Crippen LogP contribution in [0.1, 0.15) is 23.0 Å². The van der Waals surface area contributed by atoms with Crippen LogP contribution in [0.15, 0.2) is 42.6 Å². The number of carbonyl (C=O) groups is 2. The lowest BCUT2D eigenvalue weighted by atomic mass is 10.1. The second-order valence-corrected chi connectivity index (χ2v) is 4.86. The third-order valence-corrected chi connectivity index (χ3v) is 2.99. The van der Waals surface area contributed by atoms with Gasteiger partial charge in [0.2, 0.25) is 5.91 Å². The van der Waals surface area contributed by atoms with Crippen molar-refractivity contribution in [3.63, 3.8) is 0 Å². The number of anilines is 1. The Labute approximate surface area is 127 Å². The highest BCUT2D eigenvalue weighted by Gasteiger charge is 2.17. The summed E-state index contributed by atoms with van der Waals surface area (Å²) in [4.78, 5) is 28.9. The van der Waals surface area contributed by atoms with Gasteiger partial charge in [-0.1, -0.05) is 6.07 Å². The zero-order valence-electron chi connectivity index (χ0n) is 12.3. The predicted molar refractivity (Wildman–Crippen MR) is 80.7 cm³/mol. The zero-order chi connectivity index (χ0) is 16.1. The van der Waals surface area contributed by atoms with Gasteiger partial charge in [-0.3, -0.25) is 14.6 Å². The smallest absolute Gasteiger partial charge is 0.257 e. The minimum Gasteiger partial charge on any atom is -0.336 e. The van der Waals surface area contributed by atoms with Crippen molar-refractivity contribution < 1.29 is 14.0 Å². The lowest BCUT2D eigenvalue weighted by molar-refractivity contribution is -0.114. The predicted octanol–water partition coefficient (Wildman–Crippen LogP) is 2.45. The van der Waals surface area contributed by atoms with Crippen molar-refractivity contribution >= 4 is 17.5 Å². The van der Waals surface area contributed by atoms with Gasteiger partial charge in [-0.15, -0.1) is 0 Å². The van der Waals surface area contributed by atoms with Gasteiger partial charge >= 0.3 is 0 Å². The van der Waals surface area contributed by atoms with E-state index in [0.717, 1.165) is 6.07 Å². The number of nitrogens with one attached hydrogen (secondary N) is 1. The molecule has 1 heterocycles. The molecule has 0 aliphatic carbocycles. The Hall–Kier alpha value is -2.76. The van der Waals surface area contributed by atoms with E-state index in [-0.39, 0.29) is 18.0 Å². The van der Waals surface area contributed by atoms with Gasteiger partial charge in [0.25, 0.3) is 5.91 Å². The van der Waals surface area contributed by atoms with E-state index in [1.54, 1.807) is 25.4 Å². The molecule has 0 aliphatic rings. The summed E-state index contributed by atoms with van der Waals surface area (Å²) in [7, 11) is 1.57. The van der Waals surface area contributed by atoms with Gasteiger partial charge in [0, 0.05) is 25.9 Å². The fraction of sp³-hybridized carbons (Fsp3) is 0.188. The van der Waals surface area contributed by atoms with Gasteiger partial charge in [0.1, 0.15) is 5.82 Å². The molecule has 114 valence electrons. The summed E-state index contributed by atoms with van der Waals surface area (Å²) in [5.74, 6) is -1.39. The maximum absolute atomic E-state index is 13.9. The molecule has 1 aromatic heterocycles. The van der Waals surface area contributed by atoms with Crippen molar-refractivity contribution in [2.45, 2.75) is 13.5 Å². The first kappa shape index (κ1) is 15.6. The van der Waals surface area contributed by atoms with E-state index in [9.17, 15) is 14.0 Å². The molecule has 2 aromatic rings. The number of nitrogens with zero attached hydrogens (tertiary/aromatic N) is 2. The highest BCUT2D eigenvalue weighted by molar-refractivity contribution is 5.96. The van der Waals surface area contributed by atoms with Crippen LogP contribution < -0.4 is 5.32 Å². The van der Waals surface area contributed by atoms with E-state index >= 15 is 0 Å². The van der Waals surface area contributed by atoms with Crippen molar-refractivity contribution in [3.05, 3.63) is 59.7 Å². The van der Waals surface area contributed by atoms with Crippen LogP contribution in [0, 0.1) is 5.82 Å². The van der Waals surface area contributed by atoms with Gasteiger partial charge in [-0.2, -0.15) is 0 Å². The van der Waals surface area contributed by atoms with E-state index in [0.29, 0.717) is 11.4 Å². The number of hydrogen-bond acceptors (Lipinski definition) is 3. The molecule has 0 spiro atoms. The Morgan fingerprint density at radius 1 is 1.27 bits per heavy atom. The average molecular weight is 301 g/mol. The minimum atomic E-state index is -0.632. The molecule has 0 saturated carbocycles. The zero-order valence-corrected chi connectivity index (χ0v) is 12.3. The maximum atomic E-state index is 13.9. The van der Waals surface area contributed by atoms with Gasteiger partial charge in [0.05, 0.1) is 17.8 Å². The number of aromatic nitrogens is 1. The molecule has 1 N–H and O–H groups in total. The van der Waals surface area contributed by atoms with E-state index in [1.165, 1.54) is 24.0 Å². The minimum absolute atomic E-state index is 0.0929. The molecule has 22 heavy (non-hydrogen) atoms. The Kier molecular flexibility index (Phi) is 4.83. The largest absolute Gasteiger partial charge is 0.336 e. The number of hydrogen-bond donors (Lipinski definition) is 1. The number of halogens is 1. The third-order valence-electron chi connectivity index (χ3n) is 2.99. The molecule has 5 nitrogen and oxygen atoms in total. The van der Waals surface area contributed by atoms with Crippen LogP contribution in [0.25, 0.3) is 0 Å². The molecule has 1 aromatic carbocycles. The lowest BCUT2D eigenvalue weighted by Crippen LogP contribution is -2.27. The van der Waals surface area contributed by atoms with E-state index < -0.39 is 11.7 Å². The van der Waals surface area contributed by atoms with Gasteiger partial charge in [0.15, 0.2) is 0 Å². The van der Waals surface area contributed by atoms with Crippen molar-refractivity contribution in [1.29, 1.82) is 0 Å². The van der Waals surface area contributed by atoms with E-state index in [4.69, 9.17) is 0 Å². The maximum Gasteiger partial charge on any atom is 0.257 e. The Morgan fingerprint density at radius 3 is 2.68 bits per heavy atom. The van der Waals surface area contributed by atoms with Gasteiger partial charge in [-0.25, -0.2) is 4.39 Å². The molecule has 2 amide bonds. The first-order chi connectivity index (χ1) is 10.5. The summed E-state index contributed by atoms with van der Waals surface area (Å²) < 4.78 is 13.9. The Bertz CT molecular complexity index is 689. The fourth-order valence-electron chi connectivity index (χ4n) is 1.98. The fourth-order valence-corrected chi connectivity index (χ4v) is 1.98. The first-order valence-corrected chi connectivity index (χ1v) is 6.70. The van der Waals surface area contributed by atoms with Gasteiger partial charge in [-0.05, 0) is 30.3 Å². The molecular formula is C16H16FN3O2. The van der Waals surface area contributed by atoms with E-state index in [1.807, 2.05) is 6.07 Å². The van der Waals surface area contributed by atoms with Crippen LogP contribution in [-0.2, 0) is 11.3 Å². The van der Waals surface area contributed by atoms with Crippen LogP contribution in [0.5, 0.6) is 0 Å². The van der Waals surface area contributed by atoms with Crippen molar-refractivity contribution in [1.82, 2.24) is 9.88 Å². The first-order valence-electron chi connectivity index (χ1n) is 6.70. The molecule has 0 unspecified atom stereocenters. The topological polar surface area (TPSA) is 62.3 Å². The van der Waals surface area contributed by atoms with Crippen LogP contribution in [0.2, 0.25) is 0 Å². The molecule has 0 aliphatic heterocycles. The molecule has 0 fully saturated rings. The normalized spacial score (nSPS) is 10.1. The van der Waals surface area contributed by atoms with Crippen molar-refractivity contribution in [2.24, 2.45) is 0 Å². The van der Waals surface area contributed by atoms with Crippen LogP contribution in [0.3, 0.4) is 0 Å². The summed E-state index contributed by atoms with van der Waals surface area (Å²) in [6.45, 7) is 1.61. The highest BCUT2D eigenvalue weighted by atomic mass is 19.1. The Balaban J connectivity index is 2.19. The van der Waals surface area contributed by atoms with Crippen molar-refractivity contribution in [2.75, 3.05) is 12.4 Å².